The second-order valence-corrected chi connectivity index (χ2v) is 5.04. The van der Waals surface area contributed by atoms with Gasteiger partial charge >= 0.3 is 6.03 Å². The summed E-state index contributed by atoms with van der Waals surface area (Å²) in [5, 5.41) is 13.0. The van der Waals surface area contributed by atoms with Crippen LogP contribution in [0.25, 0.3) is 0 Å². The van der Waals surface area contributed by atoms with E-state index in [-0.39, 0.29) is 24.1 Å². The second-order valence-electron chi connectivity index (χ2n) is 4.20. The number of halogens is 3. The lowest BCUT2D eigenvalue weighted by Gasteiger charge is -2.05. The summed E-state index contributed by atoms with van der Waals surface area (Å²) < 4.78 is 15.3. The zero-order valence-electron chi connectivity index (χ0n) is 11.0. The Bertz CT molecular complexity index is 661. The van der Waals surface area contributed by atoms with E-state index in [1.54, 1.807) is 6.20 Å². The van der Waals surface area contributed by atoms with Crippen molar-refractivity contribution < 1.29 is 9.18 Å². The number of nitrogens with one attached hydrogen (secondary N) is 2. The monoisotopic (exact) mass is 331 g/mol. The van der Waals surface area contributed by atoms with E-state index < -0.39 is 5.82 Å². The van der Waals surface area contributed by atoms with Crippen molar-refractivity contribution in [3.05, 3.63) is 45.4 Å². The van der Waals surface area contributed by atoms with Crippen LogP contribution in [-0.4, -0.2) is 28.1 Å². The van der Waals surface area contributed by atoms with Gasteiger partial charge in [0.05, 0.1) is 24.3 Å². The van der Waals surface area contributed by atoms with E-state index >= 15 is 0 Å². The molecule has 0 aliphatic carbocycles. The van der Waals surface area contributed by atoms with Crippen LogP contribution in [0.2, 0.25) is 10.0 Å². The lowest BCUT2D eigenvalue weighted by atomic mass is 10.2. The number of rotatable bonds is 4. The van der Waals surface area contributed by atoms with Gasteiger partial charge < -0.3 is 10.6 Å². The molecule has 2 aromatic rings. The highest BCUT2D eigenvalue weighted by Gasteiger charge is 2.11. The number of hydrogen-bond donors (Lipinski definition) is 2. The molecule has 2 N–H and O–H groups in total. The van der Waals surface area contributed by atoms with Crippen molar-refractivity contribution in [2.45, 2.75) is 13.1 Å². The molecular formula is C12H12Cl2FN5O. The van der Waals surface area contributed by atoms with Crippen LogP contribution in [0.3, 0.4) is 0 Å². The van der Waals surface area contributed by atoms with Crippen LogP contribution < -0.4 is 10.6 Å². The van der Waals surface area contributed by atoms with Gasteiger partial charge in [0.25, 0.3) is 0 Å². The SMILES string of the molecule is CNC(=O)NCc1cn(Cc2cc(Cl)cc(Cl)c2F)nn1. The van der Waals surface area contributed by atoms with Gasteiger partial charge in [0.15, 0.2) is 0 Å². The minimum atomic E-state index is -0.540. The van der Waals surface area contributed by atoms with Gasteiger partial charge in [-0.25, -0.2) is 13.9 Å². The summed E-state index contributed by atoms with van der Waals surface area (Å²) in [4.78, 5) is 11.0. The predicted octanol–water partition coefficient (Wildman–Crippen LogP) is 2.20. The molecule has 0 aliphatic heterocycles. The molecule has 0 saturated carbocycles. The number of aromatic nitrogens is 3. The zero-order chi connectivity index (χ0) is 15.4. The predicted molar refractivity (Wildman–Crippen MR) is 76.8 cm³/mol. The van der Waals surface area contributed by atoms with Crippen molar-refractivity contribution in [3.8, 4) is 0 Å². The molecule has 21 heavy (non-hydrogen) atoms. The summed E-state index contributed by atoms with van der Waals surface area (Å²) in [5.41, 5.74) is 0.857. The first kappa shape index (κ1) is 15.5. The van der Waals surface area contributed by atoms with Gasteiger partial charge in [-0.3, -0.25) is 0 Å². The van der Waals surface area contributed by atoms with Gasteiger partial charge in [-0.1, -0.05) is 28.4 Å². The second kappa shape index (κ2) is 6.73. The molecule has 1 aromatic carbocycles. The smallest absolute Gasteiger partial charge is 0.314 e. The topological polar surface area (TPSA) is 71.8 Å². The molecule has 6 nitrogen and oxygen atoms in total. The zero-order valence-corrected chi connectivity index (χ0v) is 12.5. The maximum atomic E-state index is 13.9. The largest absolute Gasteiger partial charge is 0.341 e. The number of amides is 2. The van der Waals surface area contributed by atoms with Crippen molar-refractivity contribution in [2.24, 2.45) is 0 Å². The van der Waals surface area contributed by atoms with Crippen LogP contribution in [0.4, 0.5) is 9.18 Å². The highest BCUT2D eigenvalue weighted by molar-refractivity contribution is 6.34. The molecule has 1 aromatic heterocycles. The van der Waals surface area contributed by atoms with Gasteiger partial charge in [0, 0.05) is 17.6 Å². The van der Waals surface area contributed by atoms with E-state index in [9.17, 15) is 9.18 Å². The molecule has 0 bridgehead atoms. The van der Waals surface area contributed by atoms with E-state index in [1.165, 1.54) is 23.9 Å². The number of urea groups is 1. The van der Waals surface area contributed by atoms with E-state index in [4.69, 9.17) is 23.2 Å². The number of carbonyl (C=O) groups excluding carboxylic acids is 1. The molecule has 0 fully saturated rings. The Labute approximate surface area is 130 Å². The summed E-state index contributed by atoms with van der Waals surface area (Å²) in [6, 6.07) is 2.49. The standard InChI is InChI=1S/C12H12Cl2FN5O/c1-16-12(21)17-4-9-6-20(19-18-9)5-7-2-8(13)3-10(14)11(7)15/h2-3,6H,4-5H2,1H3,(H2,16,17,21). The number of hydrogen-bond acceptors (Lipinski definition) is 3. The highest BCUT2D eigenvalue weighted by atomic mass is 35.5. The molecule has 1 heterocycles. The molecule has 0 spiro atoms. The van der Waals surface area contributed by atoms with E-state index in [0.29, 0.717) is 16.3 Å². The van der Waals surface area contributed by atoms with Crippen LogP contribution in [0.1, 0.15) is 11.3 Å². The first-order valence-electron chi connectivity index (χ1n) is 5.97. The Morgan fingerprint density at radius 1 is 1.43 bits per heavy atom. The molecule has 112 valence electrons. The Hall–Kier alpha value is -1.86. The van der Waals surface area contributed by atoms with Crippen molar-refractivity contribution in [3.63, 3.8) is 0 Å². The normalized spacial score (nSPS) is 10.5. The van der Waals surface area contributed by atoms with Crippen molar-refractivity contribution >= 4 is 29.2 Å². The van der Waals surface area contributed by atoms with Crippen LogP contribution >= 0.6 is 23.2 Å². The van der Waals surface area contributed by atoms with Crippen molar-refractivity contribution in [2.75, 3.05) is 7.05 Å². The number of nitrogens with zero attached hydrogens (tertiary/aromatic N) is 3. The molecule has 0 atom stereocenters. The fourth-order valence-corrected chi connectivity index (χ4v) is 2.19. The Morgan fingerprint density at radius 3 is 2.90 bits per heavy atom. The van der Waals surface area contributed by atoms with Gasteiger partial charge in [-0.15, -0.1) is 5.10 Å². The third-order valence-electron chi connectivity index (χ3n) is 2.64. The van der Waals surface area contributed by atoms with Crippen LogP contribution in [0, 0.1) is 5.82 Å². The Balaban J connectivity index is 2.07. The molecule has 0 unspecified atom stereocenters. The van der Waals surface area contributed by atoms with Gasteiger partial charge in [-0.2, -0.15) is 0 Å². The summed E-state index contributed by atoms with van der Waals surface area (Å²) in [5.74, 6) is -0.540. The lowest BCUT2D eigenvalue weighted by Crippen LogP contribution is -2.32. The molecule has 0 aliphatic rings. The summed E-state index contributed by atoms with van der Waals surface area (Å²) in [6.45, 7) is 0.359. The maximum Gasteiger partial charge on any atom is 0.314 e. The lowest BCUT2D eigenvalue weighted by molar-refractivity contribution is 0.242. The van der Waals surface area contributed by atoms with E-state index in [2.05, 4.69) is 20.9 Å². The average molecular weight is 332 g/mol. The average Bonchev–Trinajstić information content (AvgIpc) is 2.89. The first-order chi connectivity index (χ1) is 9.99. The minimum Gasteiger partial charge on any atom is -0.341 e. The third-order valence-corrected chi connectivity index (χ3v) is 3.14. The summed E-state index contributed by atoms with van der Waals surface area (Å²) in [7, 11) is 1.51. The van der Waals surface area contributed by atoms with Gasteiger partial charge in [0.2, 0.25) is 0 Å². The van der Waals surface area contributed by atoms with E-state index in [0.717, 1.165) is 0 Å². The summed E-state index contributed by atoms with van der Waals surface area (Å²) in [6.07, 6.45) is 1.60. The molecule has 9 heteroatoms. The van der Waals surface area contributed by atoms with Gasteiger partial charge in [-0.05, 0) is 12.1 Å². The molecule has 0 radical (unpaired) electrons. The minimum absolute atomic E-state index is 0.0425. The van der Waals surface area contributed by atoms with Gasteiger partial charge in [0.1, 0.15) is 11.5 Å². The molecule has 0 saturated heterocycles. The highest BCUT2D eigenvalue weighted by Crippen LogP contribution is 2.24. The maximum absolute atomic E-state index is 13.9. The van der Waals surface area contributed by atoms with Crippen LogP contribution in [-0.2, 0) is 13.1 Å². The number of carbonyl (C=O) groups is 1. The molecule has 2 rings (SSSR count). The van der Waals surface area contributed by atoms with Crippen molar-refractivity contribution in [1.29, 1.82) is 0 Å². The Morgan fingerprint density at radius 2 is 2.19 bits per heavy atom. The fraction of sp³-hybridized carbons (Fsp3) is 0.250. The number of benzene rings is 1. The molecular weight excluding hydrogens is 320 g/mol. The quantitative estimate of drug-likeness (QED) is 0.843. The van der Waals surface area contributed by atoms with Crippen molar-refractivity contribution in [1.82, 2.24) is 25.6 Å². The molecule has 2 amide bonds. The summed E-state index contributed by atoms with van der Waals surface area (Å²) >= 11 is 11.6. The van der Waals surface area contributed by atoms with Crippen LogP contribution in [0.5, 0.6) is 0 Å². The fourth-order valence-electron chi connectivity index (χ4n) is 1.65. The third kappa shape index (κ3) is 4.05. The Kier molecular flexibility index (Phi) is 4.98. The van der Waals surface area contributed by atoms with E-state index in [1.807, 2.05) is 0 Å². The van der Waals surface area contributed by atoms with Crippen LogP contribution in [0.15, 0.2) is 18.3 Å². The first-order valence-corrected chi connectivity index (χ1v) is 6.73.